The van der Waals surface area contributed by atoms with Crippen molar-refractivity contribution >= 4 is 11.9 Å². The van der Waals surface area contributed by atoms with E-state index in [0.717, 1.165) is 39.0 Å². The van der Waals surface area contributed by atoms with Crippen LogP contribution in [0.4, 0.5) is 0 Å². The van der Waals surface area contributed by atoms with Crippen LogP contribution in [0.15, 0.2) is 0 Å². The first kappa shape index (κ1) is 24.9. The molecule has 1 heterocycles. The smallest absolute Gasteiger partial charge is 0.307 e. The van der Waals surface area contributed by atoms with Crippen LogP contribution in [0.2, 0.25) is 0 Å². The van der Waals surface area contributed by atoms with Gasteiger partial charge in [0.1, 0.15) is 0 Å². The quantitative estimate of drug-likeness (QED) is 0.467. The number of esters is 2. The minimum atomic E-state index is -0.124. The zero-order valence-corrected chi connectivity index (χ0v) is 19.0. The van der Waals surface area contributed by atoms with Gasteiger partial charge < -0.3 is 9.47 Å². The summed E-state index contributed by atoms with van der Waals surface area (Å²) in [6, 6.07) is 0. The fraction of sp³-hybridized carbons (Fsp3) is 0.909. The lowest BCUT2D eigenvalue weighted by molar-refractivity contribution is -0.145. The molecule has 6 nitrogen and oxygen atoms in total. The number of carbonyl (C=O) groups excluding carboxylic acids is 2. The summed E-state index contributed by atoms with van der Waals surface area (Å²) in [6.07, 6.45) is 3.71. The van der Waals surface area contributed by atoms with Crippen LogP contribution in [0, 0.1) is 10.8 Å². The third-order valence-electron chi connectivity index (χ3n) is 5.51. The van der Waals surface area contributed by atoms with Gasteiger partial charge in [-0.1, -0.05) is 48.0 Å². The van der Waals surface area contributed by atoms with Crippen molar-refractivity contribution in [2.75, 3.05) is 46.1 Å². The third-order valence-corrected chi connectivity index (χ3v) is 5.51. The van der Waals surface area contributed by atoms with E-state index < -0.39 is 0 Å². The molecule has 0 saturated carbocycles. The maximum absolute atomic E-state index is 11.9. The minimum Gasteiger partial charge on any atom is -0.466 e. The molecule has 0 aromatic carbocycles. The Bertz CT molecular complexity index is 485. The Balaban J connectivity index is 2.11. The van der Waals surface area contributed by atoms with Gasteiger partial charge in [0.15, 0.2) is 0 Å². The van der Waals surface area contributed by atoms with Crippen LogP contribution in [-0.4, -0.2) is 67.8 Å². The predicted octanol–water partition coefficient (Wildman–Crippen LogP) is 3.69. The van der Waals surface area contributed by atoms with Crippen molar-refractivity contribution in [1.82, 2.24) is 9.80 Å². The van der Waals surface area contributed by atoms with Gasteiger partial charge in [0.2, 0.25) is 0 Å². The van der Waals surface area contributed by atoms with Crippen LogP contribution in [0.3, 0.4) is 0 Å². The fourth-order valence-corrected chi connectivity index (χ4v) is 2.80. The lowest BCUT2D eigenvalue weighted by Crippen LogP contribution is -2.29. The molecule has 28 heavy (non-hydrogen) atoms. The summed E-state index contributed by atoms with van der Waals surface area (Å²) in [5, 5.41) is 0. The molecule has 164 valence electrons. The highest BCUT2D eigenvalue weighted by atomic mass is 16.5. The Hall–Kier alpha value is -1.14. The van der Waals surface area contributed by atoms with Crippen molar-refractivity contribution in [2.45, 2.75) is 73.6 Å². The highest BCUT2D eigenvalue weighted by molar-refractivity contribution is 5.69. The van der Waals surface area contributed by atoms with Gasteiger partial charge in [-0.3, -0.25) is 19.4 Å². The molecule has 0 aliphatic carbocycles. The third kappa shape index (κ3) is 11.6. The van der Waals surface area contributed by atoms with E-state index in [1.54, 1.807) is 0 Å². The lowest BCUT2D eigenvalue weighted by atomic mass is 9.87. The van der Waals surface area contributed by atoms with E-state index in [0.29, 0.717) is 39.1 Å². The maximum atomic E-state index is 11.9. The van der Waals surface area contributed by atoms with Crippen molar-refractivity contribution in [3.8, 4) is 0 Å². The fourth-order valence-electron chi connectivity index (χ4n) is 2.80. The van der Waals surface area contributed by atoms with Gasteiger partial charge in [-0.2, -0.15) is 0 Å². The average molecular weight is 399 g/mol. The number of hydrogen-bond donors (Lipinski definition) is 0. The molecule has 0 N–H and O–H groups in total. The molecule has 1 rings (SSSR count). The molecular weight excluding hydrogens is 356 g/mol. The average Bonchev–Trinajstić information content (AvgIpc) is 3.05. The second kappa shape index (κ2) is 11.8. The molecule has 1 aliphatic rings. The van der Waals surface area contributed by atoms with Crippen molar-refractivity contribution in [1.29, 1.82) is 0 Å². The first-order valence-corrected chi connectivity index (χ1v) is 10.8. The van der Waals surface area contributed by atoms with Gasteiger partial charge in [-0.25, -0.2) is 0 Å². The number of ether oxygens (including phenoxy) is 2. The van der Waals surface area contributed by atoms with Gasteiger partial charge >= 0.3 is 11.9 Å². The molecule has 0 atom stereocenters. The number of nitrogens with zero attached hydrogens (tertiary/aromatic N) is 2. The highest BCUT2D eigenvalue weighted by Crippen LogP contribution is 2.24. The molecule has 0 unspecified atom stereocenters. The summed E-state index contributed by atoms with van der Waals surface area (Å²) in [4.78, 5) is 28.2. The SMILES string of the molecule is CCC(C)(C)CCOC(=O)CCN1CCN(CCC(=O)OCCC(C)(C)C)C1. The molecule has 0 bridgehead atoms. The van der Waals surface area contributed by atoms with E-state index >= 15 is 0 Å². The molecule has 0 aromatic rings. The van der Waals surface area contributed by atoms with E-state index in [-0.39, 0.29) is 22.8 Å². The number of rotatable bonds is 12. The Labute approximate surface area is 171 Å². The van der Waals surface area contributed by atoms with Crippen LogP contribution < -0.4 is 0 Å². The standard InChI is InChI=1S/C22H42N2O4/c1-7-22(5,6)11-17-28-20(26)9-13-24-15-14-23(18-24)12-8-19(25)27-16-10-21(2,3)4/h7-18H2,1-6H3. The zero-order valence-electron chi connectivity index (χ0n) is 19.0. The van der Waals surface area contributed by atoms with Crippen LogP contribution in [0.5, 0.6) is 0 Å². The van der Waals surface area contributed by atoms with Crippen molar-refractivity contribution in [3.05, 3.63) is 0 Å². The molecule has 0 radical (unpaired) electrons. The monoisotopic (exact) mass is 398 g/mol. The molecule has 1 saturated heterocycles. The normalized spacial score (nSPS) is 16.4. The molecule has 0 amide bonds. The molecule has 1 fully saturated rings. The summed E-state index contributed by atoms with van der Waals surface area (Å²) in [5.41, 5.74) is 0.409. The van der Waals surface area contributed by atoms with E-state index in [9.17, 15) is 9.59 Å². The largest absolute Gasteiger partial charge is 0.466 e. The summed E-state index contributed by atoms with van der Waals surface area (Å²) >= 11 is 0. The summed E-state index contributed by atoms with van der Waals surface area (Å²) < 4.78 is 10.7. The van der Waals surface area contributed by atoms with E-state index in [2.05, 4.69) is 51.3 Å². The molecule has 0 spiro atoms. The molecule has 6 heteroatoms. The Morgan fingerprint density at radius 1 is 0.821 bits per heavy atom. The van der Waals surface area contributed by atoms with Crippen molar-refractivity contribution in [3.63, 3.8) is 0 Å². The van der Waals surface area contributed by atoms with Gasteiger partial charge in [-0.05, 0) is 23.7 Å². The number of hydrogen-bond acceptors (Lipinski definition) is 6. The number of carbonyl (C=O) groups is 2. The topological polar surface area (TPSA) is 59.1 Å². The Morgan fingerprint density at radius 3 is 1.71 bits per heavy atom. The lowest BCUT2D eigenvalue weighted by Gasteiger charge is -2.22. The highest BCUT2D eigenvalue weighted by Gasteiger charge is 2.22. The summed E-state index contributed by atoms with van der Waals surface area (Å²) in [7, 11) is 0. The van der Waals surface area contributed by atoms with Gasteiger partial charge in [0.05, 0.1) is 32.7 Å². The van der Waals surface area contributed by atoms with E-state index in [4.69, 9.17) is 9.47 Å². The van der Waals surface area contributed by atoms with Crippen molar-refractivity contribution < 1.29 is 19.1 Å². The van der Waals surface area contributed by atoms with E-state index in [1.807, 2.05) is 0 Å². The van der Waals surface area contributed by atoms with Crippen LogP contribution in [0.25, 0.3) is 0 Å². The summed E-state index contributed by atoms with van der Waals surface area (Å²) in [6.45, 7) is 18.0. The van der Waals surface area contributed by atoms with E-state index in [1.165, 1.54) is 0 Å². The first-order valence-electron chi connectivity index (χ1n) is 10.8. The van der Waals surface area contributed by atoms with Crippen LogP contribution >= 0.6 is 0 Å². The van der Waals surface area contributed by atoms with Crippen LogP contribution in [-0.2, 0) is 19.1 Å². The summed E-state index contributed by atoms with van der Waals surface area (Å²) in [5.74, 6) is -0.242. The molecule has 1 aliphatic heterocycles. The Morgan fingerprint density at radius 2 is 1.29 bits per heavy atom. The second-order valence-corrected chi connectivity index (χ2v) is 9.90. The van der Waals surface area contributed by atoms with Crippen LogP contribution in [0.1, 0.15) is 73.6 Å². The second-order valence-electron chi connectivity index (χ2n) is 9.90. The van der Waals surface area contributed by atoms with Gasteiger partial charge in [0.25, 0.3) is 0 Å². The molecule has 0 aromatic heterocycles. The predicted molar refractivity (Wildman–Crippen MR) is 112 cm³/mol. The Kier molecular flexibility index (Phi) is 10.5. The van der Waals surface area contributed by atoms with Gasteiger partial charge in [0, 0.05) is 26.2 Å². The van der Waals surface area contributed by atoms with Gasteiger partial charge in [-0.15, -0.1) is 0 Å². The molecular formula is C22H42N2O4. The first-order chi connectivity index (χ1) is 13.0. The zero-order chi connectivity index (χ0) is 21.2. The van der Waals surface area contributed by atoms with Crippen molar-refractivity contribution in [2.24, 2.45) is 10.8 Å². The minimum absolute atomic E-state index is 0.118. The maximum Gasteiger partial charge on any atom is 0.307 e.